The standard InChI is InChI=1S/C12H24N2O/c1-10-6-2-3-7-11(10)14-12(15)8-4-5-9-13/h10-11H,2-9,13H2,1H3,(H,14,15). The SMILES string of the molecule is CC1CCCCC1NC(=O)CCCCN. The van der Waals surface area contributed by atoms with Gasteiger partial charge in [0.25, 0.3) is 0 Å². The van der Waals surface area contributed by atoms with E-state index < -0.39 is 0 Å². The molecule has 3 N–H and O–H groups in total. The molecule has 0 aromatic rings. The summed E-state index contributed by atoms with van der Waals surface area (Å²) in [7, 11) is 0. The maximum Gasteiger partial charge on any atom is 0.220 e. The number of amides is 1. The molecule has 0 heterocycles. The van der Waals surface area contributed by atoms with Crippen molar-refractivity contribution < 1.29 is 4.79 Å². The lowest BCUT2D eigenvalue weighted by Crippen LogP contribution is -2.40. The van der Waals surface area contributed by atoms with Crippen molar-refractivity contribution in [3.8, 4) is 0 Å². The summed E-state index contributed by atoms with van der Waals surface area (Å²) < 4.78 is 0. The Morgan fingerprint density at radius 1 is 1.33 bits per heavy atom. The van der Waals surface area contributed by atoms with E-state index in [1.807, 2.05) is 0 Å². The molecule has 0 saturated heterocycles. The highest BCUT2D eigenvalue weighted by molar-refractivity contribution is 5.76. The molecule has 15 heavy (non-hydrogen) atoms. The second-order valence-electron chi connectivity index (χ2n) is 4.68. The van der Waals surface area contributed by atoms with E-state index in [0.717, 1.165) is 19.3 Å². The minimum Gasteiger partial charge on any atom is -0.353 e. The number of carbonyl (C=O) groups excluding carboxylic acids is 1. The molecule has 3 nitrogen and oxygen atoms in total. The fourth-order valence-corrected chi connectivity index (χ4v) is 2.24. The van der Waals surface area contributed by atoms with E-state index in [9.17, 15) is 4.79 Å². The zero-order chi connectivity index (χ0) is 11.1. The molecule has 2 unspecified atom stereocenters. The van der Waals surface area contributed by atoms with Crippen molar-refractivity contribution in [2.75, 3.05) is 6.54 Å². The Morgan fingerprint density at radius 3 is 2.73 bits per heavy atom. The van der Waals surface area contributed by atoms with Crippen LogP contribution < -0.4 is 11.1 Å². The van der Waals surface area contributed by atoms with Crippen molar-refractivity contribution in [1.82, 2.24) is 5.32 Å². The Balaban J connectivity index is 2.18. The average Bonchev–Trinajstić information content (AvgIpc) is 2.22. The van der Waals surface area contributed by atoms with Gasteiger partial charge in [0.05, 0.1) is 0 Å². The van der Waals surface area contributed by atoms with Crippen molar-refractivity contribution in [3.63, 3.8) is 0 Å². The van der Waals surface area contributed by atoms with Crippen LogP contribution in [0.25, 0.3) is 0 Å². The molecular weight excluding hydrogens is 188 g/mol. The number of nitrogens with two attached hydrogens (primary N) is 1. The minimum atomic E-state index is 0.210. The number of unbranched alkanes of at least 4 members (excludes halogenated alkanes) is 1. The largest absolute Gasteiger partial charge is 0.353 e. The Labute approximate surface area is 92.8 Å². The van der Waals surface area contributed by atoms with Crippen molar-refractivity contribution in [2.24, 2.45) is 11.7 Å². The van der Waals surface area contributed by atoms with Crippen LogP contribution in [0.2, 0.25) is 0 Å². The predicted molar refractivity (Wildman–Crippen MR) is 62.5 cm³/mol. The van der Waals surface area contributed by atoms with Crippen molar-refractivity contribution >= 4 is 5.91 Å². The van der Waals surface area contributed by atoms with Crippen molar-refractivity contribution in [1.29, 1.82) is 0 Å². The van der Waals surface area contributed by atoms with E-state index in [1.165, 1.54) is 19.3 Å². The van der Waals surface area contributed by atoms with Gasteiger partial charge in [-0.2, -0.15) is 0 Å². The quantitative estimate of drug-likeness (QED) is 0.683. The first-order valence-corrected chi connectivity index (χ1v) is 6.23. The molecule has 0 aromatic carbocycles. The Hall–Kier alpha value is -0.570. The lowest BCUT2D eigenvalue weighted by molar-refractivity contribution is -0.122. The van der Waals surface area contributed by atoms with Crippen LogP contribution in [0.3, 0.4) is 0 Å². The monoisotopic (exact) mass is 212 g/mol. The highest BCUT2D eigenvalue weighted by Crippen LogP contribution is 2.23. The molecule has 1 rings (SSSR count). The fraction of sp³-hybridized carbons (Fsp3) is 0.917. The predicted octanol–water partition coefficient (Wildman–Crippen LogP) is 1.81. The van der Waals surface area contributed by atoms with E-state index in [4.69, 9.17) is 5.73 Å². The van der Waals surface area contributed by atoms with E-state index in [-0.39, 0.29) is 5.91 Å². The highest BCUT2D eigenvalue weighted by atomic mass is 16.1. The summed E-state index contributed by atoms with van der Waals surface area (Å²) in [6.45, 7) is 2.93. The van der Waals surface area contributed by atoms with Gasteiger partial charge in [0, 0.05) is 12.5 Å². The second-order valence-corrected chi connectivity index (χ2v) is 4.68. The van der Waals surface area contributed by atoms with Gasteiger partial charge < -0.3 is 11.1 Å². The van der Waals surface area contributed by atoms with Crippen LogP contribution >= 0.6 is 0 Å². The van der Waals surface area contributed by atoms with Gasteiger partial charge in [-0.3, -0.25) is 4.79 Å². The molecule has 0 bridgehead atoms. The van der Waals surface area contributed by atoms with Crippen LogP contribution in [0.4, 0.5) is 0 Å². The molecule has 88 valence electrons. The molecule has 1 amide bonds. The van der Waals surface area contributed by atoms with Crippen LogP contribution in [0.5, 0.6) is 0 Å². The summed E-state index contributed by atoms with van der Waals surface area (Å²) in [5.74, 6) is 0.861. The van der Waals surface area contributed by atoms with Gasteiger partial charge in [-0.25, -0.2) is 0 Å². The van der Waals surface area contributed by atoms with Crippen LogP contribution in [0.1, 0.15) is 51.9 Å². The van der Waals surface area contributed by atoms with Gasteiger partial charge in [-0.05, 0) is 38.1 Å². The molecule has 0 spiro atoms. The summed E-state index contributed by atoms with van der Waals surface area (Å²) in [6.07, 6.45) is 7.51. The zero-order valence-electron chi connectivity index (χ0n) is 9.80. The van der Waals surface area contributed by atoms with Gasteiger partial charge in [0.2, 0.25) is 5.91 Å². The maximum atomic E-state index is 11.6. The highest BCUT2D eigenvalue weighted by Gasteiger charge is 2.22. The Morgan fingerprint density at radius 2 is 2.07 bits per heavy atom. The first kappa shape index (κ1) is 12.5. The Kier molecular flexibility index (Phi) is 5.69. The number of carbonyl (C=O) groups is 1. The van der Waals surface area contributed by atoms with Gasteiger partial charge >= 0.3 is 0 Å². The Bertz CT molecular complexity index is 194. The average molecular weight is 212 g/mol. The lowest BCUT2D eigenvalue weighted by atomic mass is 9.86. The van der Waals surface area contributed by atoms with Crippen LogP contribution in [-0.2, 0) is 4.79 Å². The normalized spacial score (nSPS) is 26.3. The third-order valence-corrected chi connectivity index (χ3v) is 3.32. The molecular formula is C12H24N2O. The van der Waals surface area contributed by atoms with Crippen LogP contribution in [0, 0.1) is 5.92 Å². The molecule has 1 aliphatic rings. The maximum absolute atomic E-state index is 11.6. The summed E-state index contributed by atoms with van der Waals surface area (Å²) in [5.41, 5.74) is 5.39. The van der Waals surface area contributed by atoms with E-state index in [1.54, 1.807) is 0 Å². The van der Waals surface area contributed by atoms with Gasteiger partial charge in [0.15, 0.2) is 0 Å². The third-order valence-electron chi connectivity index (χ3n) is 3.32. The molecule has 3 heteroatoms. The molecule has 0 aliphatic heterocycles. The summed E-state index contributed by atoms with van der Waals surface area (Å²) in [5, 5.41) is 3.15. The first-order valence-electron chi connectivity index (χ1n) is 6.23. The topological polar surface area (TPSA) is 55.1 Å². The molecule has 0 aromatic heterocycles. The molecule has 2 atom stereocenters. The zero-order valence-corrected chi connectivity index (χ0v) is 9.80. The number of nitrogens with one attached hydrogen (secondary N) is 1. The van der Waals surface area contributed by atoms with E-state index in [0.29, 0.717) is 24.9 Å². The lowest BCUT2D eigenvalue weighted by Gasteiger charge is -2.29. The molecule has 1 fully saturated rings. The first-order chi connectivity index (χ1) is 7.24. The number of hydrogen-bond donors (Lipinski definition) is 2. The minimum absolute atomic E-state index is 0.210. The third kappa shape index (κ3) is 4.65. The molecule has 1 saturated carbocycles. The van der Waals surface area contributed by atoms with Crippen LogP contribution in [-0.4, -0.2) is 18.5 Å². The molecule has 0 radical (unpaired) electrons. The summed E-state index contributed by atoms with van der Waals surface area (Å²) >= 11 is 0. The number of rotatable bonds is 5. The molecule has 1 aliphatic carbocycles. The smallest absolute Gasteiger partial charge is 0.220 e. The van der Waals surface area contributed by atoms with Gasteiger partial charge in [-0.15, -0.1) is 0 Å². The number of hydrogen-bond acceptors (Lipinski definition) is 2. The second kappa shape index (κ2) is 6.83. The van der Waals surface area contributed by atoms with Gasteiger partial charge in [-0.1, -0.05) is 19.8 Å². The van der Waals surface area contributed by atoms with E-state index in [2.05, 4.69) is 12.2 Å². The van der Waals surface area contributed by atoms with Crippen molar-refractivity contribution in [3.05, 3.63) is 0 Å². The summed E-state index contributed by atoms with van der Waals surface area (Å²) in [4.78, 5) is 11.6. The van der Waals surface area contributed by atoms with Crippen LogP contribution in [0.15, 0.2) is 0 Å². The fourth-order valence-electron chi connectivity index (χ4n) is 2.24. The van der Waals surface area contributed by atoms with Crippen molar-refractivity contribution in [2.45, 2.75) is 57.9 Å². The van der Waals surface area contributed by atoms with E-state index >= 15 is 0 Å². The van der Waals surface area contributed by atoms with Gasteiger partial charge in [0.1, 0.15) is 0 Å². The summed E-state index contributed by atoms with van der Waals surface area (Å²) in [6, 6.07) is 0.420.